The summed E-state index contributed by atoms with van der Waals surface area (Å²) in [7, 11) is -4.67. The normalized spacial score (nSPS) is 9.14. The molecule has 7 heteroatoms. The molecule has 0 aliphatic carbocycles. The van der Waals surface area contributed by atoms with E-state index in [9.17, 15) is 0 Å². The molecule has 0 aromatic heterocycles. The topological polar surface area (TPSA) is 94.8 Å². The molecule has 0 spiro atoms. The average Bonchev–Trinajstić information content (AvgIpc) is 1.36. The zero-order valence-electron chi connectivity index (χ0n) is 2.92. The third kappa shape index (κ3) is 983. The van der Waals surface area contributed by atoms with Crippen molar-refractivity contribution in [2.75, 3.05) is 0 Å². The molecule has 0 amide bonds. The van der Waals surface area contributed by atoms with Crippen molar-refractivity contribution < 1.29 is 38.1 Å². The van der Waals surface area contributed by atoms with Crippen molar-refractivity contribution >= 4 is 10.4 Å². The van der Waals surface area contributed by atoms with Crippen LogP contribution in [0.4, 0.5) is 0 Å². The van der Waals surface area contributed by atoms with E-state index < -0.39 is 10.4 Å². The molecule has 0 atom stereocenters. The second-order valence-electron chi connectivity index (χ2n) is 0.448. The van der Waals surface area contributed by atoms with E-state index in [-0.39, 0.29) is 0 Å². The Balaban J connectivity index is 0. The first-order valence-corrected chi connectivity index (χ1v) is 2.75. The van der Waals surface area contributed by atoms with Crippen LogP contribution in [-0.2, 0) is 26.7 Å². The molecule has 47 valence electrons. The maximum atomic E-state index is 8.74. The molecule has 0 fully saturated rings. The summed E-state index contributed by atoms with van der Waals surface area (Å²) in [5.41, 5.74) is 0. The molecule has 0 aliphatic rings. The number of rotatable bonds is 0. The van der Waals surface area contributed by atoms with Crippen LogP contribution in [0.15, 0.2) is 0 Å². The molecule has 0 aromatic rings. The summed E-state index contributed by atoms with van der Waals surface area (Å²) in [6, 6.07) is 0. The van der Waals surface area contributed by atoms with Gasteiger partial charge in [0.1, 0.15) is 0 Å². The standard InChI is InChI=1S/Fe.H2O4S.H2O/c;1-5(2,3)4;/h;(H2,1,2,3,4);1H2/q+1;;/p-1. The van der Waals surface area contributed by atoms with Crippen LogP contribution in [-0.4, -0.2) is 21.7 Å². The third-order valence-corrected chi connectivity index (χ3v) is 0. The van der Waals surface area contributed by atoms with E-state index in [4.69, 9.17) is 21.7 Å². The summed E-state index contributed by atoms with van der Waals surface area (Å²) in [5.74, 6) is 0. The molecule has 0 aliphatic heterocycles. The molecule has 0 rings (SSSR count). The van der Waals surface area contributed by atoms with Gasteiger partial charge in [-0.15, -0.1) is 0 Å². The molecule has 0 bridgehead atoms. The van der Waals surface area contributed by atoms with Crippen molar-refractivity contribution in [1.82, 2.24) is 0 Å². The van der Waals surface area contributed by atoms with Crippen molar-refractivity contribution in [3.8, 4) is 0 Å². The van der Waals surface area contributed by atoms with Gasteiger partial charge in [-0.3, -0.25) is 9.11 Å². The van der Waals surface area contributed by atoms with Gasteiger partial charge in [-0.2, -0.15) is 8.42 Å². The minimum atomic E-state index is -4.67. The minimum absolute atomic E-state index is 2.25. The molecule has 0 heterocycles. The zero-order valence-corrected chi connectivity index (χ0v) is 4.84. The van der Waals surface area contributed by atoms with Crippen LogP contribution < -0.4 is 0 Å². The average molecular weight is 171 g/mol. The molecule has 0 saturated carbocycles. The molecule has 3 N–H and O–H groups in total. The zero-order chi connectivity index (χ0) is 6.50. The molecule has 0 unspecified atom stereocenters. The molecule has 7 heavy (non-hydrogen) atoms. The van der Waals surface area contributed by atoms with Crippen LogP contribution in [0.2, 0.25) is 0 Å². The van der Waals surface area contributed by atoms with E-state index in [1.165, 1.54) is 0 Å². The van der Waals surface area contributed by atoms with E-state index in [1.807, 2.05) is 0 Å². The van der Waals surface area contributed by atoms with Gasteiger partial charge in [0.05, 0.1) is 0 Å². The van der Waals surface area contributed by atoms with Gasteiger partial charge in [-0.25, -0.2) is 0 Å². The third-order valence-electron chi connectivity index (χ3n) is 0. The van der Waals surface area contributed by atoms with E-state index in [1.54, 1.807) is 0 Å². The Morgan fingerprint density at radius 3 is 1.14 bits per heavy atom. The van der Waals surface area contributed by atoms with Crippen molar-refractivity contribution in [3.05, 3.63) is 0 Å². The second kappa shape index (κ2) is 4.51. The van der Waals surface area contributed by atoms with E-state index in [0.29, 0.717) is 0 Å². The van der Waals surface area contributed by atoms with Gasteiger partial charge in [-0.1, -0.05) is 0 Å². The Hall–Kier alpha value is 0.349. The van der Waals surface area contributed by atoms with Crippen molar-refractivity contribution in [2.45, 2.75) is 0 Å². The number of hydrogen-bond acceptors (Lipinski definition) is 3. The molecule has 5 nitrogen and oxygen atoms in total. The van der Waals surface area contributed by atoms with Crippen molar-refractivity contribution in [1.29, 1.82) is 0 Å². The second-order valence-corrected chi connectivity index (χ2v) is 1.34. The van der Waals surface area contributed by atoms with Gasteiger partial charge in [0.25, 0.3) is 0 Å². The van der Waals surface area contributed by atoms with Crippen LogP contribution >= 0.6 is 0 Å². The Kier molecular flexibility index (Phi) is 6.67. The van der Waals surface area contributed by atoms with Gasteiger partial charge < -0.3 is 0 Å². The first-order chi connectivity index (χ1) is 3.00. The summed E-state index contributed by atoms with van der Waals surface area (Å²) in [4.78, 5) is 0. The van der Waals surface area contributed by atoms with E-state index in [2.05, 4.69) is 16.3 Å². The quantitative estimate of drug-likeness (QED) is 0.314. The summed E-state index contributed by atoms with van der Waals surface area (Å²) >= 11 is 2.25. The first kappa shape index (κ1) is 10.4. The van der Waals surface area contributed by atoms with Gasteiger partial charge in [0.2, 0.25) is 0 Å². The van der Waals surface area contributed by atoms with Crippen molar-refractivity contribution in [3.63, 3.8) is 0 Å². The maximum absolute atomic E-state index is 8.74. The fraction of sp³-hybridized carbons (Fsp3) is 0. The summed E-state index contributed by atoms with van der Waals surface area (Å²) in [5, 5.41) is 0. The molecule has 0 aromatic carbocycles. The van der Waals surface area contributed by atoms with Crippen LogP contribution in [0, 0.1) is 0 Å². The Bertz CT molecular complexity index is 91.2. The predicted molar refractivity (Wildman–Crippen MR) is 16.4 cm³/mol. The Labute approximate surface area is 49.1 Å². The SMILES string of the molecule is O=S(=O)(O)O.[OH][Fe]. The van der Waals surface area contributed by atoms with Crippen LogP contribution in [0.5, 0.6) is 0 Å². The Morgan fingerprint density at radius 1 is 1.14 bits per heavy atom. The van der Waals surface area contributed by atoms with Gasteiger partial charge in [0.15, 0.2) is 0 Å². The first-order valence-electron chi connectivity index (χ1n) is 0.857. The van der Waals surface area contributed by atoms with Gasteiger partial charge >= 0.3 is 30.9 Å². The number of hydrogen-bond donors (Lipinski definition) is 3. The monoisotopic (exact) mass is 171 g/mol. The van der Waals surface area contributed by atoms with Gasteiger partial charge in [0, 0.05) is 0 Å². The summed E-state index contributed by atoms with van der Waals surface area (Å²) in [6.45, 7) is 0. The summed E-state index contributed by atoms with van der Waals surface area (Å²) in [6.07, 6.45) is 0. The van der Waals surface area contributed by atoms with Crippen molar-refractivity contribution in [2.24, 2.45) is 0 Å². The molecule has 0 saturated heterocycles. The van der Waals surface area contributed by atoms with E-state index >= 15 is 0 Å². The molecular weight excluding hydrogens is 168 g/mol. The van der Waals surface area contributed by atoms with Crippen LogP contribution in [0.1, 0.15) is 0 Å². The van der Waals surface area contributed by atoms with Gasteiger partial charge in [-0.05, 0) is 0 Å². The van der Waals surface area contributed by atoms with E-state index in [0.717, 1.165) is 0 Å². The summed E-state index contributed by atoms with van der Waals surface area (Å²) < 4.78 is 38.3. The molecule has 0 radical (unpaired) electrons. The molecular formula is H3FeO5S. The Morgan fingerprint density at radius 2 is 1.14 bits per heavy atom. The van der Waals surface area contributed by atoms with Crippen LogP contribution in [0.3, 0.4) is 0 Å². The predicted octanol–water partition coefficient (Wildman–Crippen LogP) is -1.21. The fourth-order valence-electron chi connectivity index (χ4n) is 0. The van der Waals surface area contributed by atoms with Crippen LogP contribution in [0.25, 0.3) is 0 Å². The fourth-order valence-corrected chi connectivity index (χ4v) is 0.